The Morgan fingerprint density at radius 1 is 1.53 bits per heavy atom. The van der Waals surface area contributed by atoms with E-state index in [1.165, 1.54) is 23.3 Å². The summed E-state index contributed by atoms with van der Waals surface area (Å²) < 4.78 is 0. The number of aromatic nitrogens is 1. The van der Waals surface area contributed by atoms with Crippen molar-refractivity contribution in [3.63, 3.8) is 0 Å². The van der Waals surface area contributed by atoms with E-state index in [9.17, 15) is 4.79 Å². The molecule has 1 saturated heterocycles. The lowest BCUT2D eigenvalue weighted by molar-refractivity contribution is 0.0690. The van der Waals surface area contributed by atoms with Gasteiger partial charge < -0.3 is 10.4 Å². The lowest BCUT2D eigenvalue weighted by atomic mass is 10.3. The maximum absolute atomic E-state index is 10.6. The van der Waals surface area contributed by atoms with Gasteiger partial charge in [-0.3, -0.25) is 0 Å². The van der Waals surface area contributed by atoms with Crippen molar-refractivity contribution >= 4 is 35.2 Å². The average Bonchev–Trinajstić information content (AvgIpc) is 2.38. The maximum Gasteiger partial charge on any atom is 0.354 e. The minimum Gasteiger partial charge on any atom is -0.477 e. The number of nitrogens with zero attached hydrogens (tertiary/aromatic N) is 1. The Bertz CT molecular complexity index is 378. The smallest absolute Gasteiger partial charge is 0.354 e. The number of carboxylic acid groups (broad SMARTS) is 1. The number of carbonyl (C=O) groups is 1. The van der Waals surface area contributed by atoms with Gasteiger partial charge in [0.25, 0.3) is 0 Å². The molecule has 0 amide bonds. The van der Waals surface area contributed by atoms with Gasteiger partial charge in [0, 0.05) is 29.1 Å². The normalized spacial score (nSPS) is 19.9. The van der Waals surface area contributed by atoms with Crippen LogP contribution in [0.4, 0.5) is 5.69 Å². The molecule has 0 aliphatic carbocycles. The molecule has 4 nitrogen and oxygen atoms in total. The molecule has 2 N–H and O–H groups in total. The van der Waals surface area contributed by atoms with Crippen LogP contribution in [0.15, 0.2) is 18.3 Å². The predicted molar refractivity (Wildman–Crippen MR) is 73.3 cm³/mol. The van der Waals surface area contributed by atoms with Crippen LogP contribution in [0.5, 0.6) is 0 Å². The Morgan fingerprint density at radius 2 is 2.41 bits per heavy atom. The van der Waals surface area contributed by atoms with Crippen LogP contribution in [0.25, 0.3) is 0 Å². The molecule has 1 aliphatic rings. The quantitative estimate of drug-likeness (QED) is 0.873. The number of aromatic carboxylic acids is 1. The first-order valence-corrected chi connectivity index (χ1v) is 7.58. The standard InChI is InChI=1S/C11H14N2O2S2/c14-11(15)10-2-1-8(5-13-10)12-6-9-7-16-3-4-17-9/h1-2,5,9,12H,3-4,6-7H2,(H,14,15). The summed E-state index contributed by atoms with van der Waals surface area (Å²) in [7, 11) is 0. The topological polar surface area (TPSA) is 62.2 Å². The van der Waals surface area contributed by atoms with Crippen LogP contribution in [0.3, 0.4) is 0 Å². The largest absolute Gasteiger partial charge is 0.477 e. The van der Waals surface area contributed by atoms with E-state index in [2.05, 4.69) is 10.3 Å². The molecule has 6 heteroatoms. The molecule has 0 saturated carbocycles. The number of pyridine rings is 1. The highest BCUT2D eigenvalue weighted by molar-refractivity contribution is 8.06. The third-order valence-electron chi connectivity index (χ3n) is 2.40. The number of rotatable bonds is 4. The molecule has 1 fully saturated rings. The number of nitrogens with one attached hydrogen (secondary N) is 1. The van der Waals surface area contributed by atoms with Crippen LogP contribution in [0.2, 0.25) is 0 Å². The van der Waals surface area contributed by atoms with E-state index in [4.69, 9.17) is 5.11 Å². The highest BCUT2D eigenvalue weighted by atomic mass is 32.2. The summed E-state index contributed by atoms with van der Waals surface area (Å²) >= 11 is 3.98. The Labute approximate surface area is 109 Å². The fraction of sp³-hybridized carbons (Fsp3) is 0.455. The molecule has 1 aromatic heterocycles. The van der Waals surface area contributed by atoms with Crippen LogP contribution in [0, 0.1) is 0 Å². The van der Waals surface area contributed by atoms with Crippen LogP contribution in [0.1, 0.15) is 10.5 Å². The van der Waals surface area contributed by atoms with Crippen molar-refractivity contribution in [3.8, 4) is 0 Å². The van der Waals surface area contributed by atoms with Crippen molar-refractivity contribution in [1.29, 1.82) is 0 Å². The number of carboxylic acids is 1. The fourth-order valence-corrected chi connectivity index (χ4v) is 4.12. The van der Waals surface area contributed by atoms with Crippen LogP contribution in [-0.4, -0.2) is 45.1 Å². The summed E-state index contributed by atoms with van der Waals surface area (Å²) in [6.45, 7) is 0.908. The van der Waals surface area contributed by atoms with Crippen LogP contribution in [-0.2, 0) is 0 Å². The number of anilines is 1. The predicted octanol–water partition coefficient (Wildman–Crippen LogP) is 2.04. The van der Waals surface area contributed by atoms with Gasteiger partial charge in [0.2, 0.25) is 0 Å². The van der Waals surface area contributed by atoms with Crippen molar-refractivity contribution < 1.29 is 9.90 Å². The van der Waals surface area contributed by atoms with E-state index >= 15 is 0 Å². The van der Waals surface area contributed by atoms with Crippen molar-refractivity contribution in [1.82, 2.24) is 4.98 Å². The second-order valence-corrected chi connectivity index (χ2v) is 6.24. The summed E-state index contributed by atoms with van der Waals surface area (Å²) in [5.74, 6) is 2.65. The molecule has 1 aliphatic heterocycles. The van der Waals surface area contributed by atoms with Gasteiger partial charge in [-0.05, 0) is 12.1 Å². The maximum atomic E-state index is 10.6. The molecule has 0 spiro atoms. The van der Waals surface area contributed by atoms with Gasteiger partial charge in [0.15, 0.2) is 0 Å². The molecule has 2 heterocycles. The number of thioether (sulfide) groups is 2. The molecular weight excluding hydrogens is 256 g/mol. The summed E-state index contributed by atoms with van der Waals surface area (Å²) in [6.07, 6.45) is 1.57. The Hall–Kier alpha value is -0.880. The summed E-state index contributed by atoms with van der Waals surface area (Å²) in [6, 6.07) is 3.28. The first-order chi connectivity index (χ1) is 8.25. The second kappa shape index (κ2) is 6.16. The summed E-state index contributed by atoms with van der Waals surface area (Å²) in [5.41, 5.74) is 0.962. The number of hydrogen-bond donors (Lipinski definition) is 2. The zero-order chi connectivity index (χ0) is 12.1. The molecular formula is C11H14N2O2S2. The zero-order valence-corrected chi connectivity index (χ0v) is 10.9. The van der Waals surface area contributed by atoms with Crippen LogP contribution < -0.4 is 5.32 Å². The highest BCUT2D eigenvalue weighted by Gasteiger charge is 2.13. The van der Waals surface area contributed by atoms with E-state index in [1.54, 1.807) is 12.3 Å². The zero-order valence-electron chi connectivity index (χ0n) is 9.26. The Balaban J connectivity index is 1.84. The minimum absolute atomic E-state index is 0.0816. The van der Waals surface area contributed by atoms with E-state index < -0.39 is 5.97 Å². The van der Waals surface area contributed by atoms with E-state index in [0.29, 0.717) is 5.25 Å². The molecule has 17 heavy (non-hydrogen) atoms. The molecule has 2 rings (SSSR count). The van der Waals surface area contributed by atoms with Gasteiger partial charge in [0.1, 0.15) is 5.69 Å². The minimum atomic E-state index is -0.990. The summed E-state index contributed by atoms with van der Waals surface area (Å²) in [4.78, 5) is 14.5. The fourth-order valence-electron chi connectivity index (χ4n) is 1.51. The van der Waals surface area contributed by atoms with Gasteiger partial charge in [0.05, 0.1) is 11.9 Å². The summed E-state index contributed by atoms with van der Waals surface area (Å²) in [5, 5.41) is 12.6. The molecule has 1 aromatic rings. The highest BCUT2D eigenvalue weighted by Crippen LogP contribution is 2.24. The second-order valence-electron chi connectivity index (χ2n) is 3.69. The molecule has 1 unspecified atom stereocenters. The van der Waals surface area contributed by atoms with Gasteiger partial charge in [-0.1, -0.05) is 0 Å². The van der Waals surface area contributed by atoms with Crippen molar-refractivity contribution in [2.24, 2.45) is 0 Å². The molecule has 0 bridgehead atoms. The van der Waals surface area contributed by atoms with Crippen molar-refractivity contribution in [2.75, 3.05) is 29.1 Å². The van der Waals surface area contributed by atoms with E-state index in [-0.39, 0.29) is 5.69 Å². The van der Waals surface area contributed by atoms with Gasteiger partial charge in [-0.15, -0.1) is 0 Å². The first-order valence-electron chi connectivity index (χ1n) is 5.38. The average molecular weight is 270 g/mol. The van der Waals surface area contributed by atoms with Gasteiger partial charge in [-0.2, -0.15) is 23.5 Å². The molecule has 1 atom stereocenters. The lowest BCUT2D eigenvalue weighted by Gasteiger charge is -2.21. The van der Waals surface area contributed by atoms with Gasteiger partial charge in [-0.25, -0.2) is 9.78 Å². The van der Waals surface area contributed by atoms with Crippen LogP contribution >= 0.6 is 23.5 Å². The van der Waals surface area contributed by atoms with Gasteiger partial charge >= 0.3 is 5.97 Å². The third kappa shape index (κ3) is 3.81. The van der Waals surface area contributed by atoms with E-state index in [0.717, 1.165) is 12.2 Å². The monoisotopic (exact) mass is 270 g/mol. The van der Waals surface area contributed by atoms with Crippen molar-refractivity contribution in [3.05, 3.63) is 24.0 Å². The van der Waals surface area contributed by atoms with E-state index in [1.807, 2.05) is 23.5 Å². The first kappa shape index (κ1) is 12.6. The molecule has 0 aromatic carbocycles. The Kier molecular flexibility index (Phi) is 4.56. The van der Waals surface area contributed by atoms with Crippen molar-refractivity contribution in [2.45, 2.75) is 5.25 Å². The Morgan fingerprint density at radius 3 is 3.00 bits per heavy atom. The lowest BCUT2D eigenvalue weighted by Crippen LogP contribution is -2.23. The third-order valence-corrected chi connectivity index (χ3v) is 5.25. The molecule has 92 valence electrons. The number of hydrogen-bond acceptors (Lipinski definition) is 5. The molecule has 0 radical (unpaired) electrons. The SMILES string of the molecule is O=C(O)c1ccc(NCC2CSCCS2)cn1.